The molecule has 1 aliphatic rings. The SMILES string of the molecule is CN(C)S(=O)(=O)C[C@@H]1COC[C@H]1NC(=O)c1ccccc1C#N. The molecule has 1 amide bonds. The van der Waals surface area contributed by atoms with Crippen LogP contribution in [0.3, 0.4) is 0 Å². The predicted molar refractivity (Wildman–Crippen MR) is 84.2 cm³/mol. The summed E-state index contributed by atoms with van der Waals surface area (Å²) in [7, 11) is -0.430. The molecule has 1 fully saturated rings. The number of benzene rings is 1. The third kappa shape index (κ3) is 4.07. The number of ether oxygens (including phenoxy) is 1. The second kappa shape index (κ2) is 7.08. The average molecular weight is 337 g/mol. The lowest BCUT2D eigenvalue weighted by atomic mass is 10.0. The van der Waals surface area contributed by atoms with Crippen molar-refractivity contribution in [1.29, 1.82) is 5.26 Å². The number of nitrogens with one attached hydrogen (secondary N) is 1. The van der Waals surface area contributed by atoms with Crippen molar-refractivity contribution in [3.63, 3.8) is 0 Å². The fourth-order valence-corrected chi connectivity index (χ4v) is 3.53. The summed E-state index contributed by atoms with van der Waals surface area (Å²) >= 11 is 0. The Labute approximate surface area is 135 Å². The molecule has 2 atom stereocenters. The molecule has 124 valence electrons. The number of rotatable bonds is 5. The highest BCUT2D eigenvalue weighted by Gasteiger charge is 2.34. The summed E-state index contributed by atoms with van der Waals surface area (Å²) in [6.07, 6.45) is 0. The summed E-state index contributed by atoms with van der Waals surface area (Å²) in [4.78, 5) is 12.3. The van der Waals surface area contributed by atoms with Gasteiger partial charge in [0.2, 0.25) is 10.0 Å². The van der Waals surface area contributed by atoms with Crippen molar-refractivity contribution in [3.05, 3.63) is 35.4 Å². The lowest BCUT2D eigenvalue weighted by Crippen LogP contribution is -2.43. The minimum Gasteiger partial charge on any atom is -0.379 e. The van der Waals surface area contributed by atoms with Gasteiger partial charge in [-0.05, 0) is 12.1 Å². The van der Waals surface area contributed by atoms with Gasteiger partial charge in [0, 0.05) is 20.0 Å². The van der Waals surface area contributed by atoms with E-state index in [1.54, 1.807) is 24.3 Å². The summed E-state index contributed by atoms with van der Waals surface area (Å²) in [5, 5.41) is 11.8. The molecule has 1 saturated heterocycles. The van der Waals surface area contributed by atoms with Crippen molar-refractivity contribution in [3.8, 4) is 6.07 Å². The molecular weight excluding hydrogens is 318 g/mol. The molecule has 2 rings (SSSR count). The first-order valence-corrected chi connectivity index (χ1v) is 8.74. The summed E-state index contributed by atoms with van der Waals surface area (Å²) in [6.45, 7) is 0.534. The van der Waals surface area contributed by atoms with Crippen molar-refractivity contribution in [2.24, 2.45) is 5.92 Å². The number of nitrogens with zero attached hydrogens (tertiary/aromatic N) is 2. The molecule has 1 aromatic rings. The lowest BCUT2D eigenvalue weighted by Gasteiger charge is -2.21. The smallest absolute Gasteiger partial charge is 0.252 e. The van der Waals surface area contributed by atoms with Crippen LogP contribution in [0.15, 0.2) is 24.3 Å². The monoisotopic (exact) mass is 337 g/mol. The van der Waals surface area contributed by atoms with Crippen molar-refractivity contribution in [2.45, 2.75) is 6.04 Å². The minimum absolute atomic E-state index is 0.0924. The molecule has 0 aliphatic carbocycles. The fourth-order valence-electron chi connectivity index (χ4n) is 2.37. The van der Waals surface area contributed by atoms with Crippen LogP contribution in [-0.2, 0) is 14.8 Å². The summed E-state index contributed by atoms with van der Waals surface area (Å²) in [6, 6.07) is 8.06. The topological polar surface area (TPSA) is 99.5 Å². The Morgan fingerprint density at radius 2 is 2.09 bits per heavy atom. The van der Waals surface area contributed by atoms with E-state index < -0.39 is 22.0 Å². The molecule has 8 heteroatoms. The maximum Gasteiger partial charge on any atom is 0.252 e. The first kappa shape index (κ1) is 17.4. The molecule has 0 radical (unpaired) electrons. The van der Waals surface area contributed by atoms with Crippen LogP contribution in [-0.4, -0.2) is 57.7 Å². The lowest BCUT2D eigenvalue weighted by molar-refractivity contribution is 0.0925. The van der Waals surface area contributed by atoms with Gasteiger partial charge < -0.3 is 10.1 Å². The third-order valence-corrected chi connectivity index (χ3v) is 5.75. The number of carbonyl (C=O) groups is 1. The Hall–Kier alpha value is -1.95. The second-order valence-corrected chi connectivity index (χ2v) is 7.82. The zero-order valence-corrected chi connectivity index (χ0v) is 13.8. The molecule has 0 aromatic heterocycles. The highest BCUT2D eigenvalue weighted by molar-refractivity contribution is 7.89. The van der Waals surface area contributed by atoms with Gasteiger partial charge >= 0.3 is 0 Å². The van der Waals surface area contributed by atoms with E-state index in [0.717, 1.165) is 4.31 Å². The minimum atomic E-state index is -3.38. The molecule has 1 aromatic carbocycles. The maximum absolute atomic E-state index is 12.3. The van der Waals surface area contributed by atoms with E-state index in [0.29, 0.717) is 0 Å². The summed E-state index contributed by atoms with van der Waals surface area (Å²) in [5.41, 5.74) is 0.553. The molecule has 0 spiro atoms. The first-order valence-electron chi connectivity index (χ1n) is 7.13. The maximum atomic E-state index is 12.3. The van der Waals surface area contributed by atoms with Crippen LogP contribution in [0.4, 0.5) is 0 Å². The van der Waals surface area contributed by atoms with E-state index in [1.165, 1.54) is 14.1 Å². The largest absolute Gasteiger partial charge is 0.379 e. The molecule has 1 N–H and O–H groups in total. The molecule has 23 heavy (non-hydrogen) atoms. The van der Waals surface area contributed by atoms with E-state index in [1.807, 2.05) is 6.07 Å². The van der Waals surface area contributed by atoms with Gasteiger partial charge in [-0.25, -0.2) is 12.7 Å². The standard InChI is InChI=1S/C15H19N3O4S/c1-18(2)23(20,21)10-12-8-22-9-14(12)17-15(19)13-6-4-3-5-11(13)7-16/h3-6,12,14H,8-10H2,1-2H3,(H,17,19)/t12-,14+/m0/s1. The highest BCUT2D eigenvalue weighted by Crippen LogP contribution is 2.18. The number of amides is 1. The van der Waals surface area contributed by atoms with Gasteiger partial charge in [-0.3, -0.25) is 4.79 Å². The van der Waals surface area contributed by atoms with Crippen LogP contribution in [0.1, 0.15) is 15.9 Å². The molecule has 0 bridgehead atoms. The zero-order valence-electron chi connectivity index (χ0n) is 13.0. The van der Waals surface area contributed by atoms with Crippen molar-refractivity contribution in [2.75, 3.05) is 33.1 Å². The number of hydrogen-bond donors (Lipinski definition) is 1. The quantitative estimate of drug-likeness (QED) is 0.827. The molecular formula is C15H19N3O4S. The molecule has 1 aliphatic heterocycles. The number of nitriles is 1. The molecule has 0 unspecified atom stereocenters. The van der Waals surface area contributed by atoms with Gasteiger partial charge in [0.1, 0.15) is 0 Å². The Morgan fingerprint density at radius 3 is 2.74 bits per heavy atom. The van der Waals surface area contributed by atoms with Crippen molar-refractivity contribution in [1.82, 2.24) is 9.62 Å². The first-order chi connectivity index (χ1) is 10.8. The third-order valence-electron chi connectivity index (χ3n) is 3.79. The van der Waals surface area contributed by atoms with E-state index in [-0.39, 0.29) is 36.0 Å². The molecule has 7 nitrogen and oxygen atoms in total. The number of sulfonamides is 1. The van der Waals surface area contributed by atoms with Crippen LogP contribution in [0.5, 0.6) is 0 Å². The summed E-state index contributed by atoms with van der Waals surface area (Å²) in [5.74, 6) is -0.810. The van der Waals surface area contributed by atoms with E-state index in [2.05, 4.69) is 5.32 Å². The number of carbonyl (C=O) groups excluding carboxylic acids is 1. The second-order valence-electron chi connectivity index (χ2n) is 5.60. The molecule has 1 heterocycles. The Balaban J connectivity index is 2.10. The summed E-state index contributed by atoms with van der Waals surface area (Å²) < 4.78 is 30.5. The van der Waals surface area contributed by atoms with E-state index in [4.69, 9.17) is 10.00 Å². The zero-order chi connectivity index (χ0) is 17.0. The van der Waals surface area contributed by atoms with Crippen molar-refractivity contribution >= 4 is 15.9 Å². The van der Waals surface area contributed by atoms with Crippen LogP contribution in [0, 0.1) is 17.2 Å². The van der Waals surface area contributed by atoms with Gasteiger partial charge in [-0.1, -0.05) is 12.1 Å². The van der Waals surface area contributed by atoms with E-state index >= 15 is 0 Å². The van der Waals surface area contributed by atoms with Gasteiger partial charge in [-0.2, -0.15) is 5.26 Å². The Bertz CT molecular complexity index is 724. The normalized spacial score (nSPS) is 21.1. The van der Waals surface area contributed by atoms with Gasteiger partial charge in [0.25, 0.3) is 5.91 Å². The van der Waals surface area contributed by atoms with Crippen molar-refractivity contribution < 1.29 is 17.9 Å². The Morgan fingerprint density at radius 1 is 1.39 bits per heavy atom. The van der Waals surface area contributed by atoms with Crippen LogP contribution in [0.25, 0.3) is 0 Å². The van der Waals surface area contributed by atoms with Crippen LogP contribution in [0.2, 0.25) is 0 Å². The van der Waals surface area contributed by atoms with Gasteiger partial charge in [0.05, 0.1) is 42.2 Å². The van der Waals surface area contributed by atoms with Crippen LogP contribution < -0.4 is 5.32 Å². The highest BCUT2D eigenvalue weighted by atomic mass is 32.2. The van der Waals surface area contributed by atoms with Gasteiger partial charge in [-0.15, -0.1) is 0 Å². The van der Waals surface area contributed by atoms with Crippen LogP contribution >= 0.6 is 0 Å². The molecule has 0 saturated carbocycles. The number of hydrogen-bond acceptors (Lipinski definition) is 5. The predicted octanol–water partition coefficient (Wildman–Crippen LogP) is 0.194. The Kier molecular flexibility index (Phi) is 5.36. The van der Waals surface area contributed by atoms with Gasteiger partial charge in [0.15, 0.2) is 0 Å². The fraction of sp³-hybridized carbons (Fsp3) is 0.467. The van der Waals surface area contributed by atoms with E-state index in [9.17, 15) is 13.2 Å². The average Bonchev–Trinajstić information content (AvgIpc) is 2.93.